The number of ether oxygens (including phenoxy) is 1. The van der Waals surface area contributed by atoms with Crippen LogP contribution in [0.5, 0.6) is 0 Å². The lowest BCUT2D eigenvalue weighted by Gasteiger charge is -2.03. The molecule has 0 unspecified atom stereocenters. The van der Waals surface area contributed by atoms with Gasteiger partial charge >= 0.3 is 5.97 Å². The summed E-state index contributed by atoms with van der Waals surface area (Å²) in [5.41, 5.74) is 0.287. The quantitative estimate of drug-likeness (QED) is 0.567. The SMILES string of the molecule is CCOC(=O)c1cncc(C=O)c1Cl. The maximum atomic E-state index is 11.3. The Kier molecular flexibility index (Phi) is 3.59. The van der Waals surface area contributed by atoms with Gasteiger partial charge in [-0.2, -0.15) is 0 Å². The third-order valence-corrected chi connectivity index (χ3v) is 1.95. The average molecular weight is 214 g/mol. The molecule has 5 heteroatoms. The summed E-state index contributed by atoms with van der Waals surface area (Å²) < 4.78 is 4.73. The van der Waals surface area contributed by atoms with Gasteiger partial charge in [-0.25, -0.2) is 4.79 Å². The molecule has 1 rings (SSSR count). The number of hydrogen-bond donors (Lipinski definition) is 0. The zero-order chi connectivity index (χ0) is 10.6. The summed E-state index contributed by atoms with van der Waals surface area (Å²) in [4.78, 5) is 25.5. The molecule has 0 saturated heterocycles. The largest absolute Gasteiger partial charge is 0.462 e. The number of rotatable bonds is 3. The molecular weight excluding hydrogens is 206 g/mol. The van der Waals surface area contributed by atoms with E-state index >= 15 is 0 Å². The number of aldehydes is 1. The van der Waals surface area contributed by atoms with Gasteiger partial charge in [0.05, 0.1) is 22.8 Å². The van der Waals surface area contributed by atoms with Crippen molar-refractivity contribution in [2.45, 2.75) is 6.92 Å². The normalized spacial score (nSPS) is 9.57. The molecule has 1 aromatic heterocycles. The summed E-state index contributed by atoms with van der Waals surface area (Å²) in [7, 11) is 0. The fourth-order valence-electron chi connectivity index (χ4n) is 0.894. The Morgan fingerprint density at radius 3 is 2.93 bits per heavy atom. The van der Waals surface area contributed by atoms with Crippen LogP contribution < -0.4 is 0 Å². The van der Waals surface area contributed by atoms with Crippen LogP contribution in [0, 0.1) is 0 Å². The van der Waals surface area contributed by atoms with Gasteiger partial charge in [-0.15, -0.1) is 0 Å². The molecule has 4 nitrogen and oxygen atoms in total. The molecule has 0 saturated carbocycles. The summed E-state index contributed by atoms with van der Waals surface area (Å²) in [6.07, 6.45) is 3.10. The highest BCUT2D eigenvalue weighted by molar-refractivity contribution is 6.35. The minimum atomic E-state index is -0.575. The number of aromatic nitrogens is 1. The van der Waals surface area contributed by atoms with Crippen LogP contribution in [0.15, 0.2) is 12.4 Å². The molecule has 0 aliphatic carbocycles. The van der Waals surface area contributed by atoms with Crippen LogP contribution >= 0.6 is 11.6 Å². The van der Waals surface area contributed by atoms with Gasteiger partial charge in [-0.3, -0.25) is 9.78 Å². The van der Waals surface area contributed by atoms with Crippen LogP contribution in [0.4, 0.5) is 0 Å². The minimum Gasteiger partial charge on any atom is -0.462 e. The lowest BCUT2D eigenvalue weighted by Crippen LogP contribution is -2.07. The highest BCUT2D eigenvalue weighted by Crippen LogP contribution is 2.19. The third-order valence-electron chi connectivity index (χ3n) is 1.53. The number of carbonyl (C=O) groups excluding carboxylic acids is 2. The van der Waals surface area contributed by atoms with Gasteiger partial charge in [0.2, 0.25) is 0 Å². The summed E-state index contributed by atoms with van der Waals surface area (Å²) >= 11 is 5.77. The summed E-state index contributed by atoms with van der Waals surface area (Å²) in [6, 6.07) is 0. The monoisotopic (exact) mass is 213 g/mol. The van der Waals surface area contributed by atoms with Gasteiger partial charge < -0.3 is 4.74 Å². The molecule has 1 heterocycles. The van der Waals surface area contributed by atoms with Gasteiger partial charge in [0.1, 0.15) is 0 Å². The van der Waals surface area contributed by atoms with Crippen LogP contribution in [0.25, 0.3) is 0 Å². The third kappa shape index (κ3) is 2.09. The second-order valence-corrected chi connectivity index (χ2v) is 2.81. The molecule has 0 spiro atoms. The van der Waals surface area contributed by atoms with E-state index in [2.05, 4.69) is 4.98 Å². The molecule has 0 aliphatic heterocycles. The molecule has 0 aliphatic rings. The summed E-state index contributed by atoms with van der Waals surface area (Å²) in [5, 5.41) is 0.0773. The topological polar surface area (TPSA) is 56.3 Å². The Labute approximate surface area is 85.9 Å². The average Bonchev–Trinajstić information content (AvgIpc) is 2.18. The van der Waals surface area contributed by atoms with Crippen molar-refractivity contribution in [1.82, 2.24) is 4.98 Å². The van der Waals surface area contributed by atoms with E-state index in [9.17, 15) is 9.59 Å². The molecule has 0 N–H and O–H groups in total. The standard InChI is InChI=1S/C9H8ClNO3/c1-2-14-9(13)7-4-11-3-6(5-12)8(7)10/h3-5H,2H2,1H3. The lowest BCUT2D eigenvalue weighted by atomic mass is 10.2. The molecule has 0 bridgehead atoms. The number of carbonyl (C=O) groups is 2. The summed E-state index contributed by atoms with van der Waals surface area (Å²) in [6.45, 7) is 1.93. The van der Waals surface area contributed by atoms with E-state index in [1.807, 2.05) is 0 Å². The minimum absolute atomic E-state index is 0.0773. The molecule has 0 atom stereocenters. The van der Waals surface area contributed by atoms with Crippen LogP contribution in [0.2, 0.25) is 5.02 Å². The lowest BCUT2D eigenvalue weighted by molar-refractivity contribution is 0.0526. The van der Waals surface area contributed by atoms with Crippen LogP contribution in [-0.2, 0) is 4.74 Å². The van der Waals surface area contributed by atoms with Gasteiger partial charge in [0, 0.05) is 12.4 Å². The van der Waals surface area contributed by atoms with Gasteiger partial charge in [0.25, 0.3) is 0 Å². The van der Waals surface area contributed by atoms with Crippen molar-refractivity contribution in [3.63, 3.8) is 0 Å². The number of hydrogen-bond acceptors (Lipinski definition) is 4. The van der Waals surface area contributed by atoms with Crippen molar-refractivity contribution in [1.29, 1.82) is 0 Å². The zero-order valence-corrected chi connectivity index (χ0v) is 8.25. The highest BCUT2D eigenvalue weighted by atomic mass is 35.5. The second kappa shape index (κ2) is 4.72. The molecule has 0 amide bonds. The first-order chi connectivity index (χ1) is 6.70. The van der Waals surface area contributed by atoms with E-state index in [0.717, 1.165) is 0 Å². The van der Waals surface area contributed by atoms with Crippen molar-refractivity contribution >= 4 is 23.9 Å². The van der Waals surface area contributed by atoms with Crippen molar-refractivity contribution in [3.8, 4) is 0 Å². The number of esters is 1. The Hall–Kier alpha value is -1.42. The first-order valence-electron chi connectivity index (χ1n) is 3.96. The maximum Gasteiger partial charge on any atom is 0.341 e. The van der Waals surface area contributed by atoms with E-state index in [0.29, 0.717) is 6.29 Å². The molecular formula is C9H8ClNO3. The van der Waals surface area contributed by atoms with Gasteiger partial charge in [-0.05, 0) is 6.92 Å². The number of pyridine rings is 1. The van der Waals surface area contributed by atoms with E-state index in [1.165, 1.54) is 12.4 Å². The Morgan fingerprint density at radius 2 is 2.36 bits per heavy atom. The van der Waals surface area contributed by atoms with Crippen molar-refractivity contribution in [2.24, 2.45) is 0 Å². The van der Waals surface area contributed by atoms with Gasteiger partial charge in [-0.1, -0.05) is 11.6 Å². The maximum absolute atomic E-state index is 11.3. The fourth-order valence-corrected chi connectivity index (χ4v) is 1.11. The zero-order valence-electron chi connectivity index (χ0n) is 7.49. The molecule has 14 heavy (non-hydrogen) atoms. The predicted molar refractivity (Wildman–Crippen MR) is 50.6 cm³/mol. The second-order valence-electron chi connectivity index (χ2n) is 2.43. The van der Waals surface area contributed by atoms with Crippen LogP contribution in [0.1, 0.15) is 27.6 Å². The molecule has 0 radical (unpaired) electrons. The molecule has 0 fully saturated rings. The van der Waals surface area contributed by atoms with E-state index in [1.54, 1.807) is 6.92 Å². The van der Waals surface area contributed by atoms with Crippen molar-refractivity contribution in [3.05, 3.63) is 28.5 Å². The smallest absolute Gasteiger partial charge is 0.341 e. The summed E-state index contributed by atoms with van der Waals surface area (Å²) in [5.74, 6) is -0.575. The van der Waals surface area contributed by atoms with Crippen LogP contribution in [-0.4, -0.2) is 23.8 Å². The van der Waals surface area contributed by atoms with E-state index in [-0.39, 0.29) is 22.8 Å². The molecule has 74 valence electrons. The first kappa shape index (κ1) is 10.7. The Bertz CT molecular complexity index is 365. The van der Waals surface area contributed by atoms with Crippen molar-refractivity contribution in [2.75, 3.05) is 6.61 Å². The Morgan fingerprint density at radius 1 is 1.64 bits per heavy atom. The van der Waals surface area contributed by atoms with Crippen LogP contribution in [0.3, 0.4) is 0 Å². The fraction of sp³-hybridized carbons (Fsp3) is 0.222. The number of halogens is 1. The highest BCUT2D eigenvalue weighted by Gasteiger charge is 2.14. The van der Waals surface area contributed by atoms with Crippen molar-refractivity contribution < 1.29 is 14.3 Å². The molecule has 0 aromatic carbocycles. The first-order valence-corrected chi connectivity index (χ1v) is 4.34. The predicted octanol–water partition coefficient (Wildman–Crippen LogP) is 1.72. The molecule has 1 aromatic rings. The number of nitrogens with zero attached hydrogens (tertiary/aromatic N) is 1. The van der Waals surface area contributed by atoms with E-state index in [4.69, 9.17) is 16.3 Å². The van der Waals surface area contributed by atoms with E-state index < -0.39 is 5.97 Å². The van der Waals surface area contributed by atoms with Gasteiger partial charge in [0.15, 0.2) is 6.29 Å². The Balaban J connectivity index is 3.09.